The Morgan fingerprint density at radius 2 is 2.00 bits per heavy atom. The van der Waals surface area contributed by atoms with E-state index in [1.807, 2.05) is 24.3 Å². The fourth-order valence-electron chi connectivity index (χ4n) is 1.91. The number of amides is 1. The number of halogens is 2. The van der Waals surface area contributed by atoms with E-state index in [9.17, 15) is 9.18 Å². The van der Waals surface area contributed by atoms with E-state index in [4.69, 9.17) is 11.6 Å². The highest BCUT2D eigenvalue weighted by Crippen LogP contribution is 2.22. The number of aromatic nitrogens is 2. The van der Waals surface area contributed by atoms with E-state index in [0.29, 0.717) is 5.82 Å². The summed E-state index contributed by atoms with van der Waals surface area (Å²) in [4.78, 5) is 12.1. The quantitative estimate of drug-likeness (QED) is 0.757. The van der Waals surface area contributed by atoms with E-state index in [1.165, 1.54) is 18.2 Å². The molecule has 20 heavy (non-hydrogen) atoms. The summed E-state index contributed by atoms with van der Waals surface area (Å²) in [5.41, 5.74) is 0.666. The van der Waals surface area contributed by atoms with Gasteiger partial charge in [-0.3, -0.25) is 9.89 Å². The molecule has 0 spiro atoms. The highest BCUT2D eigenvalue weighted by atomic mass is 35.5. The van der Waals surface area contributed by atoms with Gasteiger partial charge >= 0.3 is 0 Å². The first-order valence-electron chi connectivity index (χ1n) is 5.85. The number of carbonyl (C=O) groups excluding carboxylic acids is 1. The largest absolute Gasteiger partial charge is 0.304 e. The van der Waals surface area contributed by atoms with Gasteiger partial charge in [-0.05, 0) is 24.3 Å². The Hall–Kier alpha value is -2.40. The van der Waals surface area contributed by atoms with Crippen molar-refractivity contribution in [3.05, 3.63) is 58.9 Å². The minimum atomic E-state index is -0.744. The van der Waals surface area contributed by atoms with E-state index < -0.39 is 11.7 Å². The molecule has 100 valence electrons. The van der Waals surface area contributed by atoms with Gasteiger partial charge in [0.05, 0.1) is 16.1 Å². The molecule has 1 heterocycles. The number of aromatic amines is 1. The van der Waals surface area contributed by atoms with Gasteiger partial charge in [-0.15, -0.1) is 0 Å². The Kier molecular flexibility index (Phi) is 3.12. The van der Waals surface area contributed by atoms with Gasteiger partial charge < -0.3 is 5.32 Å². The third kappa shape index (κ3) is 2.12. The van der Waals surface area contributed by atoms with Gasteiger partial charge in [-0.25, -0.2) is 4.39 Å². The van der Waals surface area contributed by atoms with Crippen LogP contribution in [0.4, 0.5) is 10.2 Å². The molecule has 1 aromatic heterocycles. The number of hydrogen-bond donors (Lipinski definition) is 2. The minimum absolute atomic E-state index is 0.0930. The van der Waals surface area contributed by atoms with Crippen molar-refractivity contribution >= 4 is 34.2 Å². The molecular weight excluding hydrogens is 281 g/mol. The Balaban J connectivity index is 1.95. The van der Waals surface area contributed by atoms with Gasteiger partial charge in [-0.2, -0.15) is 5.10 Å². The lowest BCUT2D eigenvalue weighted by atomic mass is 10.2. The number of hydrogen-bond acceptors (Lipinski definition) is 2. The summed E-state index contributed by atoms with van der Waals surface area (Å²) in [5.74, 6) is -0.987. The molecule has 6 heteroatoms. The molecule has 0 atom stereocenters. The van der Waals surface area contributed by atoms with Crippen LogP contribution in [0, 0.1) is 5.82 Å². The lowest BCUT2D eigenvalue weighted by Gasteiger charge is -2.04. The summed E-state index contributed by atoms with van der Waals surface area (Å²) in [6.45, 7) is 0. The molecule has 3 rings (SSSR count). The average molecular weight is 290 g/mol. The SMILES string of the molecule is O=C(Nc1n[nH]c2ccccc12)c1cccc(Cl)c1F. The highest BCUT2D eigenvalue weighted by molar-refractivity contribution is 6.31. The number of fused-ring (bicyclic) bond motifs is 1. The van der Waals surface area contributed by atoms with Gasteiger partial charge in [0.1, 0.15) is 0 Å². The van der Waals surface area contributed by atoms with Crippen LogP contribution in [0.15, 0.2) is 42.5 Å². The summed E-state index contributed by atoms with van der Waals surface area (Å²) in [5, 5.41) is 10.0. The number of carbonyl (C=O) groups is 1. The summed E-state index contributed by atoms with van der Waals surface area (Å²) in [7, 11) is 0. The maximum Gasteiger partial charge on any atom is 0.259 e. The van der Waals surface area contributed by atoms with Crippen molar-refractivity contribution < 1.29 is 9.18 Å². The summed E-state index contributed by atoms with van der Waals surface area (Å²) < 4.78 is 13.8. The number of nitrogens with one attached hydrogen (secondary N) is 2. The molecule has 0 saturated heterocycles. The molecular formula is C14H9ClFN3O. The van der Waals surface area contributed by atoms with E-state index in [1.54, 1.807) is 0 Å². The first-order chi connectivity index (χ1) is 9.66. The standard InChI is InChI=1S/C14H9ClFN3O/c15-10-6-3-5-9(12(10)16)14(20)17-13-8-4-1-2-7-11(8)18-19-13/h1-7H,(H2,17,18,19,20). The Labute approximate surface area is 118 Å². The number of para-hydroxylation sites is 1. The summed E-state index contributed by atoms with van der Waals surface area (Å²) >= 11 is 5.66. The zero-order valence-electron chi connectivity index (χ0n) is 10.2. The van der Waals surface area contributed by atoms with Gasteiger partial charge in [0.2, 0.25) is 0 Å². The highest BCUT2D eigenvalue weighted by Gasteiger charge is 2.16. The normalized spacial score (nSPS) is 10.7. The van der Waals surface area contributed by atoms with Crippen molar-refractivity contribution in [1.29, 1.82) is 0 Å². The van der Waals surface area contributed by atoms with Gasteiger partial charge in [0.25, 0.3) is 5.91 Å². The third-order valence-electron chi connectivity index (χ3n) is 2.90. The molecule has 0 bridgehead atoms. The second kappa shape index (κ2) is 4.94. The van der Waals surface area contributed by atoms with Gasteiger partial charge in [-0.1, -0.05) is 29.8 Å². The van der Waals surface area contributed by atoms with E-state index in [2.05, 4.69) is 15.5 Å². The molecule has 0 fully saturated rings. The molecule has 0 aliphatic rings. The van der Waals surface area contributed by atoms with Crippen molar-refractivity contribution in [3.63, 3.8) is 0 Å². The maximum absolute atomic E-state index is 13.8. The number of rotatable bonds is 2. The fourth-order valence-corrected chi connectivity index (χ4v) is 2.09. The van der Waals surface area contributed by atoms with Crippen molar-refractivity contribution in [3.8, 4) is 0 Å². The molecule has 0 saturated carbocycles. The molecule has 0 radical (unpaired) electrons. The topological polar surface area (TPSA) is 57.8 Å². The molecule has 4 nitrogen and oxygen atoms in total. The van der Waals surface area contributed by atoms with Crippen LogP contribution in [0.2, 0.25) is 5.02 Å². The van der Waals surface area contributed by atoms with Gasteiger partial charge in [0.15, 0.2) is 11.6 Å². The Morgan fingerprint density at radius 1 is 1.20 bits per heavy atom. The number of anilines is 1. The number of H-pyrrole nitrogens is 1. The molecule has 0 unspecified atom stereocenters. The zero-order valence-corrected chi connectivity index (χ0v) is 10.9. The smallest absolute Gasteiger partial charge is 0.259 e. The molecule has 2 aromatic carbocycles. The van der Waals surface area contributed by atoms with Crippen LogP contribution < -0.4 is 5.32 Å². The second-order valence-electron chi connectivity index (χ2n) is 4.17. The first kappa shape index (κ1) is 12.6. The third-order valence-corrected chi connectivity index (χ3v) is 3.19. The lowest BCUT2D eigenvalue weighted by Crippen LogP contribution is -2.14. The number of benzene rings is 2. The predicted molar refractivity (Wildman–Crippen MR) is 75.5 cm³/mol. The minimum Gasteiger partial charge on any atom is -0.304 e. The van der Waals surface area contributed by atoms with Crippen LogP contribution in [0.5, 0.6) is 0 Å². The molecule has 0 aliphatic carbocycles. The van der Waals surface area contributed by atoms with Crippen molar-refractivity contribution in [2.45, 2.75) is 0 Å². The van der Waals surface area contributed by atoms with Crippen molar-refractivity contribution in [2.24, 2.45) is 0 Å². The van der Waals surface area contributed by atoms with Crippen LogP contribution in [0.25, 0.3) is 10.9 Å². The van der Waals surface area contributed by atoms with Gasteiger partial charge in [0, 0.05) is 5.39 Å². The fraction of sp³-hybridized carbons (Fsp3) is 0. The van der Waals surface area contributed by atoms with E-state index in [-0.39, 0.29) is 10.6 Å². The van der Waals surface area contributed by atoms with E-state index >= 15 is 0 Å². The van der Waals surface area contributed by atoms with Crippen molar-refractivity contribution in [1.82, 2.24) is 10.2 Å². The summed E-state index contributed by atoms with van der Waals surface area (Å²) in [6.07, 6.45) is 0. The maximum atomic E-state index is 13.8. The summed E-state index contributed by atoms with van der Waals surface area (Å²) in [6, 6.07) is 11.6. The van der Waals surface area contributed by atoms with E-state index in [0.717, 1.165) is 10.9 Å². The van der Waals surface area contributed by atoms with Crippen LogP contribution >= 0.6 is 11.6 Å². The molecule has 0 aliphatic heterocycles. The van der Waals surface area contributed by atoms with Crippen molar-refractivity contribution in [2.75, 3.05) is 5.32 Å². The van der Waals surface area contributed by atoms with Crippen LogP contribution in [-0.4, -0.2) is 16.1 Å². The number of nitrogens with zero attached hydrogens (tertiary/aromatic N) is 1. The van der Waals surface area contributed by atoms with Crippen LogP contribution in [-0.2, 0) is 0 Å². The first-order valence-corrected chi connectivity index (χ1v) is 6.23. The second-order valence-corrected chi connectivity index (χ2v) is 4.58. The van der Waals surface area contributed by atoms with Crippen LogP contribution in [0.3, 0.4) is 0 Å². The molecule has 1 amide bonds. The Bertz CT molecular complexity index is 800. The predicted octanol–water partition coefficient (Wildman–Crippen LogP) is 3.61. The monoisotopic (exact) mass is 289 g/mol. The average Bonchev–Trinajstić information content (AvgIpc) is 2.85. The zero-order chi connectivity index (χ0) is 14.1. The lowest BCUT2D eigenvalue weighted by molar-refractivity contribution is 0.102. The molecule has 2 N–H and O–H groups in total. The molecule has 3 aromatic rings. The van der Waals surface area contributed by atoms with Crippen LogP contribution in [0.1, 0.15) is 10.4 Å². The Morgan fingerprint density at radius 3 is 2.85 bits per heavy atom.